The number of carbonyl (C=O) groups excluding carboxylic acids is 1. The van der Waals surface area contributed by atoms with E-state index in [0.717, 1.165) is 37.5 Å². The Morgan fingerprint density at radius 3 is 2.50 bits per heavy atom. The van der Waals surface area contributed by atoms with E-state index < -0.39 is 18.1 Å². The molecule has 160 valence electrons. The maximum atomic E-state index is 14.4. The van der Waals surface area contributed by atoms with Crippen LogP contribution in [0.15, 0.2) is 36.4 Å². The highest BCUT2D eigenvalue weighted by Crippen LogP contribution is 2.52. The van der Waals surface area contributed by atoms with Gasteiger partial charge in [0.25, 0.3) is 6.43 Å². The molecule has 2 aromatic carbocycles. The summed E-state index contributed by atoms with van der Waals surface area (Å²) >= 11 is 0. The molecule has 1 saturated carbocycles. The van der Waals surface area contributed by atoms with Crippen molar-refractivity contribution in [1.29, 1.82) is 0 Å². The number of alkyl halides is 2. The molecule has 1 aliphatic carbocycles. The van der Waals surface area contributed by atoms with Gasteiger partial charge in [-0.15, -0.1) is 0 Å². The van der Waals surface area contributed by atoms with Gasteiger partial charge in [0.05, 0.1) is 5.56 Å². The highest BCUT2D eigenvalue weighted by Gasteiger charge is 2.47. The van der Waals surface area contributed by atoms with Crippen LogP contribution in [0.3, 0.4) is 0 Å². The van der Waals surface area contributed by atoms with Crippen molar-refractivity contribution in [3.8, 4) is 11.1 Å². The fourth-order valence-electron chi connectivity index (χ4n) is 4.39. The fraction of sp³-hybridized carbons (Fsp3) is 0.435. The molecule has 30 heavy (non-hydrogen) atoms. The molecule has 1 saturated heterocycles. The highest BCUT2D eigenvalue weighted by atomic mass is 19.3. The molecule has 3 unspecified atom stereocenters. The Morgan fingerprint density at radius 2 is 1.80 bits per heavy atom. The first-order chi connectivity index (χ1) is 14.4. The van der Waals surface area contributed by atoms with Gasteiger partial charge < -0.3 is 10.6 Å². The average molecular weight is 420 g/mol. The Bertz CT molecular complexity index is 929. The molecular formula is C23H24F4N2O. The number of halogens is 4. The number of nitrogens with two attached hydrogens (primary N) is 1. The zero-order valence-electron chi connectivity index (χ0n) is 16.5. The third-order valence-corrected chi connectivity index (χ3v) is 6.15. The smallest absolute Gasteiger partial charge is 0.263 e. The first-order valence-electron chi connectivity index (χ1n) is 10.3. The minimum absolute atomic E-state index is 0.00647. The van der Waals surface area contributed by atoms with Crippen molar-refractivity contribution in [2.75, 3.05) is 13.1 Å². The van der Waals surface area contributed by atoms with E-state index in [9.17, 15) is 22.4 Å². The Labute approximate surface area is 172 Å². The van der Waals surface area contributed by atoms with Gasteiger partial charge >= 0.3 is 0 Å². The van der Waals surface area contributed by atoms with Gasteiger partial charge in [-0.05, 0) is 60.9 Å². The van der Waals surface area contributed by atoms with Crippen LogP contribution in [0.2, 0.25) is 0 Å². The van der Waals surface area contributed by atoms with Gasteiger partial charge in [-0.2, -0.15) is 0 Å². The van der Waals surface area contributed by atoms with Crippen LogP contribution in [0.5, 0.6) is 0 Å². The Hall–Kier alpha value is -2.41. The highest BCUT2D eigenvalue weighted by molar-refractivity contribution is 5.84. The van der Waals surface area contributed by atoms with Gasteiger partial charge in [0.2, 0.25) is 5.91 Å². The molecule has 3 nitrogen and oxygen atoms in total. The van der Waals surface area contributed by atoms with Gasteiger partial charge in [0, 0.05) is 30.6 Å². The van der Waals surface area contributed by atoms with Crippen LogP contribution in [0.25, 0.3) is 11.1 Å². The Kier molecular flexibility index (Phi) is 5.82. The molecule has 4 rings (SSSR count). The lowest BCUT2D eigenvalue weighted by Gasteiger charge is -2.21. The van der Waals surface area contributed by atoms with Crippen LogP contribution >= 0.6 is 0 Å². The van der Waals surface area contributed by atoms with E-state index in [4.69, 9.17) is 5.73 Å². The molecule has 3 atom stereocenters. The molecule has 1 heterocycles. The number of nitrogens with zero attached hydrogens (tertiary/aromatic N) is 1. The average Bonchev–Trinajstić information content (AvgIpc) is 3.52. The SMILES string of the molecule is NC1CCCN(C(=O)C2CC2c2ccc(C(F)F)cc2-c2c(F)cccc2F)CC1. The Morgan fingerprint density at radius 1 is 1.07 bits per heavy atom. The largest absolute Gasteiger partial charge is 0.342 e. The fourth-order valence-corrected chi connectivity index (χ4v) is 4.39. The summed E-state index contributed by atoms with van der Waals surface area (Å²) in [6, 6.07) is 7.44. The van der Waals surface area contributed by atoms with Crippen molar-refractivity contribution in [1.82, 2.24) is 4.90 Å². The summed E-state index contributed by atoms with van der Waals surface area (Å²) in [6.07, 6.45) is 0.254. The minimum Gasteiger partial charge on any atom is -0.342 e. The summed E-state index contributed by atoms with van der Waals surface area (Å²) in [5.74, 6) is -2.16. The predicted molar refractivity (Wildman–Crippen MR) is 106 cm³/mol. The lowest BCUT2D eigenvalue weighted by Crippen LogP contribution is -2.34. The first kappa shape index (κ1) is 20.8. The molecule has 2 fully saturated rings. The third-order valence-electron chi connectivity index (χ3n) is 6.15. The first-order valence-corrected chi connectivity index (χ1v) is 10.3. The summed E-state index contributed by atoms with van der Waals surface area (Å²) in [6.45, 7) is 1.25. The maximum absolute atomic E-state index is 14.4. The maximum Gasteiger partial charge on any atom is 0.263 e. The summed E-state index contributed by atoms with van der Waals surface area (Å²) in [5.41, 5.74) is 5.99. The quantitative estimate of drug-likeness (QED) is 0.707. The van der Waals surface area contributed by atoms with Crippen LogP contribution in [-0.4, -0.2) is 29.9 Å². The molecule has 0 bridgehead atoms. The monoisotopic (exact) mass is 420 g/mol. The number of hydrogen-bond donors (Lipinski definition) is 1. The summed E-state index contributed by atoms with van der Waals surface area (Å²) < 4.78 is 55.4. The zero-order chi connectivity index (χ0) is 21.4. The second-order valence-electron chi connectivity index (χ2n) is 8.21. The Balaban J connectivity index is 1.64. The summed E-state index contributed by atoms with van der Waals surface area (Å²) in [4.78, 5) is 14.8. The van der Waals surface area contributed by atoms with Crippen molar-refractivity contribution in [2.45, 2.75) is 44.1 Å². The number of amides is 1. The molecule has 0 spiro atoms. The van der Waals surface area contributed by atoms with Crippen LogP contribution in [0.1, 0.15) is 49.2 Å². The van der Waals surface area contributed by atoms with Crippen LogP contribution in [0, 0.1) is 17.6 Å². The van der Waals surface area contributed by atoms with Gasteiger partial charge in [-0.1, -0.05) is 18.2 Å². The number of hydrogen-bond acceptors (Lipinski definition) is 2. The van der Waals surface area contributed by atoms with Gasteiger partial charge in [0.15, 0.2) is 0 Å². The molecule has 2 N–H and O–H groups in total. The number of benzene rings is 2. The van der Waals surface area contributed by atoms with E-state index >= 15 is 0 Å². The number of carbonyl (C=O) groups is 1. The molecule has 1 aliphatic heterocycles. The molecule has 1 amide bonds. The number of rotatable bonds is 4. The van der Waals surface area contributed by atoms with E-state index in [0.29, 0.717) is 25.1 Å². The van der Waals surface area contributed by atoms with Crippen LogP contribution in [0.4, 0.5) is 17.6 Å². The van der Waals surface area contributed by atoms with E-state index in [-0.39, 0.29) is 40.5 Å². The van der Waals surface area contributed by atoms with Crippen molar-refractivity contribution in [3.63, 3.8) is 0 Å². The standard InChI is InChI=1S/C23H24F4N2O/c24-19-4-1-5-20(25)21(19)17-11-13(22(26)27)6-7-15(17)16-12-18(16)23(30)29-9-2-3-14(28)8-10-29/h1,4-7,11,14,16,18,22H,2-3,8-10,12,28H2. The molecule has 2 aromatic rings. The minimum atomic E-state index is -2.76. The summed E-state index contributed by atoms with van der Waals surface area (Å²) in [7, 11) is 0. The van der Waals surface area contributed by atoms with Crippen LogP contribution in [-0.2, 0) is 4.79 Å². The molecular weight excluding hydrogens is 396 g/mol. The second-order valence-corrected chi connectivity index (χ2v) is 8.21. The van der Waals surface area contributed by atoms with Crippen molar-refractivity contribution in [2.24, 2.45) is 11.7 Å². The van der Waals surface area contributed by atoms with Crippen LogP contribution < -0.4 is 5.73 Å². The summed E-state index contributed by atoms with van der Waals surface area (Å²) in [5, 5.41) is 0. The van der Waals surface area contributed by atoms with Crippen molar-refractivity contribution in [3.05, 3.63) is 59.2 Å². The van der Waals surface area contributed by atoms with E-state index in [2.05, 4.69) is 0 Å². The lowest BCUT2D eigenvalue weighted by molar-refractivity contribution is -0.132. The van der Waals surface area contributed by atoms with E-state index in [1.54, 1.807) is 0 Å². The van der Waals surface area contributed by atoms with E-state index in [1.165, 1.54) is 18.2 Å². The predicted octanol–water partition coefficient (Wildman–Crippen LogP) is 5.01. The topological polar surface area (TPSA) is 46.3 Å². The zero-order valence-corrected chi connectivity index (χ0v) is 16.5. The molecule has 0 aromatic heterocycles. The van der Waals surface area contributed by atoms with Crippen molar-refractivity contribution >= 4 is 5.91 Å². The third kappa shape index (κ3) is 4.08. The van der Waals surface area contributed by atoms with E-state index in [1.807, 2.05) is 4.90 Å². The second kappa shape index (κ2) is 8.38. The van der Waals surface area contributed by atoms with Gasteiger partial charge in [0.1, 0.15) is 11.6 Å². The molecule has 2 aliphatic rings. The number of likely N-dealkylation sites (tertiary alicyclic amines) is 1. The molecule has 0 radical (unpaired) electrons. The normalized spacial score (nSPS) is 24.1. The lowest BCUT2D eigenvalue weighted by atomic mass is 9.93. The van der Waals surface area contributed by atoms with Gasteiger partial charge in [-0.25, -0.2) is 17.6 Å². The van der Waals surface area contributed by atoms with Gasteiger partial charge in [-0.3, -0.25) is 4.79 Å². The van der Waals surface area contributed by atoms with Crippen molar-refractivity contribution < 1.29 is 22.4 Å². The molecule has 7 heteroatoms.